The normalized spacial score (nSPS) is 11.0. The standard InChI is InChI=1S/C27H20F2N2O2/c1-18-26(19-12-14-21(15-13-19)33-20-7-3-2-4-8-20)31-16-6-11-25(27(31)30-18)32-17-22-23(28)9-5-10-24(22)29/h2-16H,17H2,1H3. The summed E-state index contributed by atoms with van der Waals surface area (Å²) < 4.78 is 41.5. The summed E-state index contributed by atoms with van der Waals surface area (Å²) >= 11 is 0. The van der Waals surface area contributed by atoms with E-state index < -0.39 is 11.6 Å². The molecule has 0 amide bonds. The molecule has 0 aliphatic heterocycles. The molecular weight excluding hydrogens is 422 g/mol. The SMILES string of the molecule is Cc1nc2c(OCc3c(F)cccc3F)cccn2c1-c1ccc(Oc2ccccc2)cc1. The van der Waals surface area contributed by atoms with Gasteiger partial charge >= 0.3 is 0 Å². The molecule has 2 heterocycles. The highest BCUT2D eigenvalue weighted by molar-refractivity contribution is 5.70. The van der Waals surface area contributed by atoms with E-state index in [4.69, 9.17) is 9.47 Å². The van der Waals surface area contributed by atoms with Crippen LogP contribution in [0.2, 0.25) is 0 Å². The average molecular weight is 442 g/mol. The Labute approximate surface area is 189 Å². The minimum absolute atomic E-state index is 0.114. The Balaban J connectivity index is 1.43. The van der Waals surface area contributed by atoms with Crippen LogP contribution in [0.15, 0.2) is 91.1 Å². The zero-order valence-electron chi connectivity index (χ0n) is 17.8. The van der Waals surface area contributed by atoms with Gasteiger partial charge in [0.2, 0.25) is 0 Å². The van der Waals surface area contributed by atoms with Crippen LogP contribution in [0.5, 0.6) is 17.2 Å². The van der Waals surface area contributed by atoms with E-state index in [0.29, 0.717) is 11.4 Å². The first-order chi connectivity index (χ1) is 16.1. The van der Waals surface area contributed by atoms with Crippen molar-refractivity contribution in [2.45, 2.75) is 13.5 Å². The van der Waals surface area contributed by atoms with Crippen LogP contribution >= 0.6 is 0 Å². The Kier molecular flexibility index (Phi) is 5.48. The molecule has 0 aliphatic carbocycles. The predicted octanol–water partition coefficient (Wildman–Crippen LogP) is 6.96. The third-order valence-electron chi connectivity index (χ3n) is 5.33. The summed E-state index contributed by atoms with van der Waals surface area (Å²) in [5.41, 5.74) is 3.12. The lowest BCUT2D eigenvalue weighted by molar-refractivity contribution is 0.294. The molecule has 0 N–H and O–H groups in total. The fourth-order valence-corrected chi connectivity index (χ4v) is 3.74. The van der Waals surface area contributed by atoms with Crippen LogP contribution in [0, 0.1) is 18.6 Å². The molecule has 5 aromatic rings. The first-order valence-electron chi connectivity index (χ1n) is 10.5. The number of ether oxygens (including phenoxy) is 2. The van der Waals surface area contributed by atoms with Gasteiger partial charge < -0.3 is 9.47 Å². The second-order valence-electron chi connectivity index (χ2n) is 7.54. The highest BCUT2D eigenvalue weighted by Gasteiger charge is 2.16. The molecule has 4 nitrogen and oxygen atoms in total. The van der Waals surface area contributed by atoms with Gasteiger partial charge in [-0.2, -0.15) is 0 Å². The lowest BCUT2D eigenvalue weighted by atomic mass is 10.1. The molecule has 0 fully saturated rings. The second kappa shape index (κ2) is 8.74. The Morgan fingerprint density at radius 2 is 1.48 bits per heavy atom. The molecule has 0 saturated heterocycles. The van der Waals surface area contributed by atoms with Crippen molar-refractivity contribution in [3.63, 3.8) is 0 Å². The van der Waals surface area contributed by atoms with Crippen molar-refractivity contribution in [2.75, 3.05) is 0 Å². The summed E-state index contributed by atoms with van der Waals surface area (Å²) in [5, 5.41) is 0. The Morgan fingerprint density at radius 3 is 2.21 bits per heavy atom. The van der Waals surface area contributed by atoms with Gasteiger partial charge in [-0.3, -0.25) is 4.40 Å². The van der Waals surface area contributed by atoms with Gasteiger partial charge in [0, 0.05) is 11.8 Å². The number of aromatic nitrogens is 2. The molecule has 0 atom stereocenters. The fraction of sp³-hybridized carbons (Fsp3) is 0.0741. The molecule has 0 radical (unpaired) electrons. The molecule has 0 unspecified atom stereocenters. The number of benzene rings is 3. The Hall–Kier alpha value is -4.19. The monoisotopic (exact) mass is 442 g/mol. The van der Waals surface area contributed by atoms with Crippen LogP contribution in [0.3, 0.4) is 0 Å². The van der Waals surface area contributed by atoms with E-state index >= 15 is 0 Å². The fourth-order valence-electron chi connectivity index (χ4n) is 3.74. The Morgan fingerprint density at radius 1 is 0.788 bits per heavy atom. The van der Waals surface area contributed by atoms with E-state index in [1.165, 1.54) is 18.2 Å². The van der Waals surface area contributed by atoms with E-state index in [2.05, 4.69) is 4.98 Å². The summed E-state index contributed by atoms with van der Waals surface area (Å²) in [6, 6.07) is 24.6. The van der Waals surface area contributed by atoms with Crippen LogP contribution in [0.1, 0.15) is 11.3 Å². The van der Waals surface area contributed by atoms with Crippen molar-refractivity contribution in [3.8, 4) is 28.5 Å². The molecule has 33 heavy (non-hydrogen) atoms. The molecular formula is C27H20F2N2O2. The third-order valence-corrected chi connectivity index (χ3v) is 5.33. The van der Waals surface area contributed by atoms with Crippen molar-refractivity contribution >= 4 is 5.65 Å². The number of halogens is 2. The lowest BCUT2D eigenvalue weighted by Crippen LogP contribution is -2.03. The minimum Gasteiger partial charge on any atom is -0.485 e. The molecule has 0 saturated carbocycles. The number of pyridine rings is 1. The van der Waals surface area contributed by atoms with Crippen LogP contribution in [0.25, 0.3) is 16.9 Å². The van der Waals surface area contributed by atoms with Gasteiger partial charge in [0.05, 0.1) is 17.0 Å². The molecule has 2 aromatic heterocycles. The summed E-state index contributed by atoms with van der Waals surface area (Å²) in [6.07, 6.45) is 1.88. The molecule has 164 valence electrons. The maximum Gasteiger partial charge on any atom is 0.180 e. The second-order valence-corrected chi connectivity index (χ2v) is 7.54. The van der Waals surface area contributed by atoms with Gasteiger partial charge in [0.1, 0.15) is 29.7 Å². The van der Waals surface area contributed by atoms with Gasteiger partial charge in [-0.15, -0.1) is 0 Å². The van der Waals surface area contributed by atoms with Gasteiger partial charge in [-0.05, 0) is 67.6 Å². The maximum absolute atomic E-state index is 14.0. The van der Waals surface area contributed by atoms with Crippen molar-refractivity contribution in [2.24, 2.45) is 0 Å². The van der Waals surface area contributed by atoms with Crippen molar-refractivity contribution in [1.29, 1.82) is 0 Å². The number of aryl methyl sites for hydroxylation is 1. The van der Waals surface area contributed by atoms with Crippen molar-refractivity contribution in [1.82, 2.24) is 9.38 Å². The Bertz CT molecular complexity index is 1390. The number of imidazole rings is 1. The van der Waals surface area contributed by atoms with Crippen molar-refractivity contribution in [3.05, 3.63) is 114 Å². The van der Waals surface area contributed by atoms with Gasteiger partial charge in [0.15, 0.2) is 11.4 Å². The molecule has 0 spiro atoms. The number of fused-ring (bicyclic) bond motifs is 1. The first kappa shape index (κ1) is 20.7. The zero-order chi connectivity index (χ0) is 22.8. The lowest BCUT2D eigenvalue weighted by Gasteiger charge is -2.10. The average Bonchev–Trinajstić information content (AvgIpc) is 3.16. The largest absolute Gasteiger partial charge is 0.485 e. The predicted molar refractivity (Wildman–Crippen MR) is 123 cm³/mol. The number of para-hydroxylation sites is 1. The van der Waals surface area contributed by atoms with Gasteiger partial charge in [-0.1, -0.05) is 24.3 Å². The van der Waals surface area contributed by atoms with Gasteiger partial charge in [-0.25, -0.2) is 13.8 Å². The van der Waals surface area contributed by atoms with Crippen LogP contribution in [0.4, 0.5) is 8.78 Å². The summed E-state index contributed by atoms with van der Waals surface area (Å²) in [7, 11) is 0. The van der Waals surface area contributed by atoms with E-state index in [-0.39, 0.29) is 12.2 Å². The highest BCUT2D eigenvalue weighted by atomic mass is 19.1. The van der Waals surface area contributed by atoms with Crippen molar-refractivity contribution < 1.29 is 18.3 Å². The smallest absolute Gasteiger partial charge is 0.180 e. The molecule has 3 aromatic carbocycles. The summed E-state index contributed by atoms with van der Waals surface area (Å²) in [4.78, 5) is 4.66. The minimum atomic E-state index is -0.639. The number of nitrogens with zero attached hydrogens (tertiary/aromatic N) is 2. The van der Waals surface area contributed by atoms with E-state index in [1.54, 1.807) is 6.07 Å². The van der Waals surface area contributed by atoms with Crippen LogP contribution in [-0.2, 0) is 6.61 Å². The number of hydrogen-bond donors (Lipinski definition) is 0. The zero-order valence-corrected chi connectivity index (χ0v) is 17.8. The van der Waals surface area contributed by atoms with Crippen LogP contribution < -0.4 is 9.47 Å². The van der Waals surface area contributed by atoms with E-state index in [0.717, 1.165) is 28.5 Å². The first-order valence-corrected chi connectivity index (χ1v) is 10.5. The number of rotatable bonds is 6. The highest BCUT2D eigenvalue weighted by Crippen LogP contribution is 2.31. The third kappa shape index (κ3) is 4.15. The molecule has 0 bridgehead atoms. The van der Waals surface area contributed by atoms with Crippen LogP contribution in [-0.4, -0.2) is 9.38 Å². The summed E-state index contributed by atoms with van der Waals surface area (Å²) in [5.74, 6) is 0.662. The van der Waals surface area contributed by atoms with E-state index in [9.17, 15) is 8.78 Å². The number of hydrogen-bond acceptors (Lipinski definition) is 3. The topological polar surface area (TPSA) is 35.8 Å². The van der Waals surface area contributed by atoms with Gasteiger partial charge in [0.25, 0.3) is 0 Å². The summed E-state index contributed by atoms with van der Waals surface area (Å²) in [6.45, 7) is 1.68. The van der Waals surface area contributed by atoms with E-state index in [1.807, 2.05) is 78.2 Å². The molecule has 5 rings (SSSR count). The molecule has 0 aliphatic rings. The molecule has 6 heteroatoms. The maximum atomic E-state index is 14.0. The quantitative estimate of drug-likeness (QED) is 0.285.